The van der Waals surface area contributed by atoms with Crippen LogP contribution in [0.1, 0.15) is 27.9 Å². The quantitative estimate of drug-likeness (QED) is 0.552. The Morgan fingerprint density at radius 2 is 1.85 bits per heavy atom. The topological polar surface area (TPSA) is 42.0 Å². The van der Waals surface area contributed by atoms with Crippen LogP contribution in [-0.4, -0.2) is 10.9 Å². The Hall–Kier alpha value is -2.43. The van der Waals surface area contributed by atoms with E-state index in [0.29, 0.717) is 34.1 Å². The highest BCUT2D eigenvalue weighted by molar-refractivity contribution is 6.31. The first-order valence-electron chi connectivity index (χ1n) is 8.46. The zero-order valence-electron chi connectivity index (χ0n) is 14.4. The van der Waals surface area contributed by atoms with Crippen LogP contribution in [0.3, 0.4) is 0 Å². The maximum Gasteiger partial charge on any atom is 0.256 e. The van der Waals surface area contributed by atoms with Crippen LogP contribution in [0.25, 0.3) is 0 Å². The van der Waals surface area contributed by atoms with Crippen molar-refractivity contribution in [3.05, 3.63) is 93.5 Å². The number of aromatic nitrogens is 1. The van der Waals surface area contributed by atoms with E-state index >= 15 is 0 Å². The number of rotatable bonds is 6. The summed E-state index contributed by atoms with van der Waals surface area (Å²) in [6.07, 6.45) is 5.19. The van der Waals surface area contributed by atoms with E-state index in [1.807, 2.05) is 6.07 Å². The Balaban J connectivity index is 1.72. The number of hydrogen-bond acceptors (Lipinski definition) is 2. The van der Waals surface area contributed by atoms with E-state index in [4.69, 9.17) is 23.2 Å². The number of nitrogens with zero attached hydrogens (tertiary/aromatic N) is 1. The molecule has 0 aliphatic heterocycles. The van der Waals surface area contributed by atoms with Crippen LogP contribution in [0.5, 0.6) is 0 Å². The number of benzene rings is 2. The lowest BCUT2D eigenvalue weighted by molar-refractivity contribution is 0.102. The molecule has 0 aliphatic carbocycles. The summed E-state index contributed by atoms with van der Waals surface area (Å²) in [6, 6.07) is 13.1. The fourth-order valence-electron chi connectivity index (χ4n) is 2.82. The minimum atomic E-state index is -0.308. The minimum Gasteiger partial charge on any atom is -0.321 e. The second kappa shape index (κ2) is 8.98. The van der Waals surface area contributed by atoms with Gasteiger partial charge in [0.05, 0.1) is 11.9 Å². The van der Waals surface area contributed by atoms with Gasteiger partial charge in [-0.1, -0.05) is 29.3 Å². The van der Waals surface area contributed by atoms with Gasteiger partial charge >= 0.3 is 0 Å². The predicted octanol–water partition coefficient (Wildman–Crippen LogP) is 5.96. The zero-order chi connectivity index (χ0) is 19.2. The molecule has 138 valence electrons. The van der Waals surface area contributed by atoms with Gasteiger partial charge in [-0.3, -0.25) is 9.78 Å². The highest BCUT2D eigenvalue weighted by Crippen LogP contribution is 2.22. The first kappa shape index (κ1) is 19.3. The van der Waals surface area contributed by atoms with Crippen molar-refractivity contribution in [2.24, 2.45) is 0 Å². The van der Waals surface area contributed by atoms with E-state index in [0.717, 1.165) is 17.5 Å². The van der Waals surface area contributed by atoms with Gasteiger partial charge in [-0.05, 0) is 72.9 Å². The van der Waals surface area contributed by atoms with E-state index in [2.05, 4.69) is 10.3 Å². The van der Waals surface area contributed by atoms with E-state index < -0.39 is 0 Å². The third kappa shape index (κ3) is 5.28. The fourth-order valence-corrected chi connectivity index (χ4v) is 3.20. The number of carbonyl (C=O) groups is 1. The minimum absolute atomic E-state index is 0.246. The molecule has 0 bridgehead atoms. The molecule has 0 unspecified atom stereocenters. The van der Waals surface area contributed by atoms with Crippen molar-refractivity contribution in [1.82, 2.24) is 4.98 Å². The lowest BCUT2D eigenvalue weighted by atomic mass is 9.99. The van der Waals surface area contributed by atoms with Crippen molar-refractivity contribution >= 4 is 34.8 Å². The molecule has 1 heterocycles. The lowest BCUT2D eigenvalue weighted by Crippen LogP contribution is -2.14. The smallest absolute Gasteiger partial charge is 0.256 e. The van der Waals surface area contributed by atoms with Gasteiger partial charge in [-0.15, -0.1) is 0 Å². The van der Waals surface area contributed by atoms with Crippen LogP contribution in [0.4, 0.5) is 10.1 Å². The van der Waals surface area contributed by atoms with Crippen molar-refractivity contribution in [2.75, 3.05) is 5.32 Å². The summed E-state index contributed by atoms with van der Waals surface area (Å²) in [4.78, 5) is 16.6. The Morgan fingerprint density at radius 1 is 1.04 bits per heavy atom. The van der Waals surface area contributed by atoms with E-state index in [1.54, 1.807) is 42.7 Å². The van der Waals surface area contributed by atoms with Crippen molar-refractivity contribution in [3.8, 4) is 0 Å². The summed E-state index contributed by atoms with van der Waals surface area (Å²) in [5.41, 5.74) is 2.75. The van der Waals surface area contributed by atoms with Crippen molar-refractivity contribution in [1.29, 1.82) is 0 Å². The SMILES string of the molecule is O=C(Nc1cccnc1)c1cc(Cl)ccc1CCCc1cc(F)ccc1Cl. The summed E-state index contributed by atoms with van der Waals surface area (Å²) in [5, 5.41) is 3.85. The van der Waals surface area contributed by atoms with Crippen LogP contribution in [0, 0.1) is 5.82 Å². The van der Waals surface area contributed by atoms with Crippen molar-refractivity contribution < 1.29 is 9.18 Å². The standard InChI is InChI=1S/C21H17Cl2FN2O/c22-16-7-6-14(3-1-4-15-11-17(24)8-9-20(15)23)19(12-16)21(27)26-18-5-2-10-25-13-18/h2,5-13H,1,3-4H2,(H,26,27). The largest absolute Gasteiger partial charge is 0.321 e. The molecule has 1 aromatic heterocycles. The summed E-state index contributed by atoms with van der Waals surface area (Å²) in [7, 11) is 0. The molecule has 0 aliphatic rings. The molecular formula is C21H17Cl2FN2O. The predicted molar refractivity (Wildman–Crippen MR) is 107 cm³/mol. The normalized spacial score (nSPS) is 10.6. The van der Waals surface area contributed by atoms with E-state index in [-0.39, 0.29) is 11.7 Å². The van der Waals surface area contributed by atoms with Crippen LogP contribution < -0.4 is 5.32 Å². The first-order valence-corrected chi connectivity index (χ1v) is 9.22. The number of amides is 1. The monoisotopic (exact) mass is 402 g/mol. The average molecular weight is 403 g/mol. The Bertz CT molecular complexity index is 948. The first-order chi connectivity index (χ1) is 13.0. The lowest BCUT2D eigenvalue weighted by Gasteiger charge is -2.11. The van der Waals surface area contributed by atoms with Gasteiger partial charge in [0.1, 0.15) is 5.82 Å². The van der Waals surface area contributed by atoms with Gasteiger partial charge in [0, 0.05) is 21.8 Å². The number of pyridine rings is 1. The summed E-state index contributed by atoms with van der Waals surface area (Å²) in [6.45, 7) is 0. The average Bonchev–Trinajstić information content (AvgIpc) is 2.66. The zero-order valence-corrected chi connectivity index (χ0v) is 15.9. The third-order valence-corrected chi connectivity index (χ3v) is 4.74. The second-order valence-electron chi connectivity index (χ2n) is 6.09. The molecule has 0 saturated carbocycles. The second-order valence-corrected chi connectivity index (χ2v) is 6.93. The number of anilines is 1. The van der Waals surface area contributed by atoms with Gasteiger partial charge in [-0.2, -0.15) is 0 Å². The number of carbonyl (C=O) groups excluding carboxylic acids is 1. The molecule has 0 atom stereocenters. The summed E-state index contributed by atoms with van der Waals surface area (Å²) < 4.78 is 13.4. The summed E-state index contributed by atoms with van der Waals surface area (Å²) >= 11 is 12.2. The number of halogens is 3. The molecule has 3 aromatic rings. The molecule has 27 heavy (non-hydrogen) atoms. The van der Waals surface area contributed by atoms with Gasteiger partial charge in [-0.25, -0.2) is 4.39 Å². The Morgan fingerprint density at radius 3 is 2.63 bits per heavy atom. The molecule has 1 N–H and O–H groups in total. The molecule has 3 rings (SSSR count). The molecule has 1 amide bonds. The number of hydrogen-bond donors (Lipinski definition) is 1. The molecule has 3 nitrogen and oxygen atoms in total. The van der Waals surface area contributed by atoms with Crippen LogP contribution >= 0.6 is 23.2 Å². The number of nitrogens with one attached hydrogen (secondary N) is 1. The van der Waals surface area contributed by atoms with Gasteiger partial charge < -0.3 is 5.32 Å². The van der Waals surface area contributed by atoms with Crippen molar-refractivity contribution in [3.63, 3.8) is 0 Å². The van der Waals surface area contributed by atoms with Crippen LogP contribution in [0.2, 0.25) is 10.0 Å². The van der Waals surface area contributed by atoms with Crippen LogP contribution in [0.15, 0.2) is 60.9 Å². The maximum absolute atomic E-state index is 13.4. The van der Waals surface area contributed by atoms with Gasteiger partial charge in [0.2, 0.25) is 0 Å². The number of aryl methyl sites for hydroxylation is 2. The highest BCUT2D eigenvalue weighted by atomic mass is 35.5. The van der Waals surface area contributed by atoms with Gasteiger partial charge in [0.25, 0.3) is 5.91 Å². The van der Waals surface area contributed by atoms with Crippen molar-refractivity contribution in [2.45, 2.75) is 19.3 Å². The van der Waals surface area contributed by atoms with E-state index in [1.165, 1.54) is 12.1 Å². The van der Waals surface area contributed by atoms with Crippen LogP contribution in [-0.2, 0) is 12.8 Å². The Labute approximate surface area is 167 Å². The molecule has 6 heteroatoms. The van der Waals surface area contributed by atoms with E-state index in [9.17, 15) is 9.18 Å². The maximum atomic E-state index is 13.4. The van der Waals surface area contributed by atoms with Gasteiger partial charge in [0.15, 0.2) is 0 Å². The molecule has 2 aromatic carbocycles. The molecule has 0 spiro atoms. The fraction of sp³-hybridized carbons (Fsp3) is 0.143. The molecule has 0 saturated heterocycles. The third-order valence-electron chi connectivity index (χ3n) is 4.14. The molecular weight excluding hydrogens is 386 g/mol. The molecule has 0 fully saturated rings. The summed E-state index contributed by atoms with van der Waals surface area (Å²) in [5.74, 6) is -0.554. The highest BCUT2D eigenvalue weighted by Gasteiger charge is 2.13. The molecule has 0 radical (unpaired) electrons. The Kier molecular flexibility index (Phi) is 6.43.